The molecule has 6 rings (SSSR count). The lowest BCUT2D eigenvalue weighted by Gasteiger charge is -2.33. The van der Waals surface area contributed by atoms with Gasteiger partial charge in [0.1, 0.15) is 0 Å². The fourth-order valence-corrected chi connectivity index (χ4v) is 5.27. The molecular weight excluding hydrogens is 460 g/mol. The minimum Gasteiger partial charge on any atom is -0.356 e. The highest BCUT2D eigenvalue weighted by molar-refractivity contribution is 5.71. The Hall–Kier alpha value is -4.56. The summed E-state index contributed by atoms with van der Waals surface area (Å²) in [6.45, 7) is 0. The van der Waals surface area contributed by atoms with Crippen LogP contribution < -0.4 is 10.2 Å². The van der Waals surface area contributed by atoms with Crippen molar-refractivity contribution in [2.75, 3.05) is 10.2 Å². The minimum atomic E-state index is 0.224. The molecule has 0 bridgehead atoms. The molecule has 0 saturated heterocycles. The van der Waals surface area contributed by atoms with Crippen molar-refractivity contribution < 1.29 is 0 Å². The highest BCUT2D eigenvalue weighted by Crippen LogP contribution is 2.35. The van der Waals surface area contributed by atoms with Crippen molar-refractivity contribution in [1.29, 1.82) is 0 Å². The normalized spacial score (nSPS) is 18.2. The molecule has 0 spiro atoms. The van der Waals surface area contributed by atoms with E-state index in [9.17, 15) is 0 Å². The number of para-hydroxylation sites is 1. The lowest BCUT2D eigenvalue weighted by molar-refractivity contribution is 0.779. The number of benzene rings is 4. The van der Waals surface area contributed by atoms with E-state index in [-0.39, 0.29) is 6.04 Å². The second kappa shape index (κ2) is 11.2. The van der Waals surface area contributed by atoms with Gasteiger partial charge in [-0.2, -0.15) is 0 Å². The fourth-order valence-electron chi connectivity index (χ4n) is 5.27. The summed E-state index contributed by atoms with van der Waals surface area (Å²) in [6, 6.07) is 39.3. The van der Waals surface area contributed by atoms with Gasteiger partial charge in [0.2, 0.25) is 0 Å². The third kappa shape index (κ3) is 5.40. The van der Waals surface area contributed by atoms with Crippen LogP contribution in [0.3, 0.4) is 0 Å². The smallest absolute Gasteiger partial charge is 0.0561 e. The predicted octanol–water partition coefficient (Wildman–Crippen LogP) is 9.42. The van der Waals surface area contributed by atoms with Crippen LogP contribution in [0.5, 0.6) is 0 Å². The van der Waals surface area contributed by atoms with Crippen molar-refractivity contribution in [2.24, 2.45) is 0 Å². The van der Waals surface area contributed by atoms with Crippen LogP contribution in [0.1, 0.15) is 24.3 Å². The van der Waals surface area contributed by atoms with Gasteiger partial charge in [-0.05, 0) is 72.0 Å². The molecule has 2 aliphatic carbocycles. The van der Waals surface area contributed by atoms with Gasteiger partial charge in [0, 0.05) is 28.7 Å². The number of nitrogens with zero attached hydrogens (tertiary/aromatic N) is 1. The summed E-state index contributed by atoms with van der Waals surface area (Å²) in [7, 11) is 0. The lowest BCUT2D eigenvalue weighted by Crippen LogP contribution is -2.30. The van der Waals surface area contributed by atoms with E-state index in [2.05, 4.69) is 156 Å². The average Bonchev–Trinajstić information content (AvgIpc) is 3.00. The van der Waals surface area contributed by atoms with Gasteiger partial charge in [0.05, 0.1) is 6.04 Å². The highest BCUT2D eigenvalue weighted by atomic mass is 15.2. The number of allylic oxidation sites excluding steroid dienone is 5. The van der Waals surface area contributed by atoms with Crippen molar-refractivity contribution in [2.45, 2.75) is 24.8 Å². The van der Waals surface area contributed by atoms with Gasteiger partial charge in [0.15, 0.2) is 0 Å². The van der Waals surface area contributed by atoms with E-state index in [1.807, 2.05) is 6.07 Å². The first-order valence-corrected chi connectivity index (χ1v) is 13.4. The third-order valence-corrected chi connectivity index (χ3v) is 7.30. The van der Waals surface area contributed by atoms with E-state index in [4.69, 9.17) is 0 Å². The van der Waals surface area contributed by atoms with Crippen molar-refractivity contribution >= 4 is 17.1 Å². The Morgan fingerprint density at radius 1 is 0.605 bits per heavy atom. The van der Waals surface area contributed by atoms with Gasteiger partial charge in [-0.25, -0.2) is 0 Å². The second-order valence-electron chi connectivity index (χ2n) is 9.84. The zero-order valence-electron chi connectivity index (χ0n) is 21.4. The molecule has 4 aromatic carbocycles. The van der Waals surface area contributed by atoms with Gasteiger partial charge >= 0.3 is 0 Å². The van der Waals surface area contributed by atoms with Crippen LogP contribution in [0.4, 0.5) is 17.1 Å². The standard InChI is InChI=1S/C36H32N2/c1-4-10-28(11-5-1)30-16-22-34(23-17-30)38(35-24-18-31(19-25-35)29-12-6-2-7-13-29)36-26-20-33(21-27-36)37-32-14-8-3-9-15-32/h1-12,14-26,29,36-37H,13,27H2. The van der Waals surface area contributed by atoms with Crippen LogP contribution in [-0.4, -0.2) is 6.04 Å². The molecule has 0 radical (unpaired) electrons. The quantitative estimate of drug-likeness (QED) is 0.276. The molecule has 0 aliphatic heterocycles. The van der Waals surface area contributed by atoms with E-state index in [1.165, 1.54) is 28.1 Å². The van der Waals surface area contributed by atoms with Crippen molar-refractivity contribution in [3.05, 3.63) is 163 Å². The van der Waals surface area contributed by atoms with Crippen LogP contribution in [-0.2, 0) is 0 Å². The molecule has 2 atom stereocenters. The van der Waals surface area contributed by atoms with Crippen LogP contribution >= 0.6 is 0 Å². The molecule has 0 fully saturated rings. The van der Waals surface area contributed by atoms with E-state index in [1.54, 1.807) is 0 Å². The molecule has 2 unspecified atom stereocenters. The Balaban J connectivity index is 1.28. The molecule has 4 aromatic rings. The van der Waals surface area contributed by atoms with Crippen molar-refractivity contribution in [3.63, 3.8) is 0 Å². The minimum absolute atomic E-state index is 0.224. The first-order chi connectivity index (χ1) is 18.8. The summed E-state index contributed by atoms with van der Waals surface area (Å²) in [6.07, 6.45) is 17.6. The first kappa shape index (κ1) is 23.8. The molecule has 2 aliphatic rings. The van der Waals surface area contributed by atoms with Crippen LogP contribution in [0.25, 0.3) is 11.1 Å². The second-order valence-corrected chi connectivity index (χ2v) is 9.84. The lowest BCUT2D eigenvalue weighted by atomic mass is 9.92. The van der Waals surface area contributed by atoms with E-state index in [0.29, 0.717) is 5.92 Å². The maximum Gasteiger partial charge on any atom is 0.0561 e. The molecule has 186 valence electrons. The molecule has 2 heteroatoms. The molecule has 2 nitrogen and oxygen atoms in total. The van der Waals surface area contributed by atoms with Crippen LogP contribution in [0.15, 0.2) is 157 Å². The number of hydrogen-bond donors (Lipinski definition) is 1. The molecular formula is C36H32N2. The zero-order chi connectivity index (χ0) is 25.6. The number of anilines is 3. The Kier molecular flexibility index (Phi) is 7.04. The average molecular weight is 493 g/mol. The summed E-state index contributed by atoms with van der Waals surface area (Å²) >= 11 is 0. The summed E-state index contributed by atoms with van der Waals surface area (Å²) < 4.78 is 0. The Morgan fingerprint density at radius 3 is 1.89 bits per heavy atom. The van der Waals surface area contributed by atoms with Crippen LogP contribution in [0.2, 0.25) is 0 Å². The molecule has 0 heterocycles. The maximum absolute atomic E-state index is 3.53. The highest BCUT2D eigenvalue weighted by Gasteiger charge is 2.21. The van der Waals surface area contributed by atoms with Gasteiger partial charge in [-0.15, -0.1) is 0 Å². The zero-order valence-corrected chi connectivity index (χ0v) is 21.4. The Bertz CT molecular complexity index is 1460. The monoisotopic (exact) mass is 492 g/mol. The predicted molar refractivity (Wildman–Crippen MR) is 162 cm³/mol. The van der Waals surface area contributed by atoms with Gasteiger partial charge in [-0.1, -0.05) is 109 Å². The van der Waals surface area contributed by atoms with E-state index in [0.717, 1.165) is 24.2 Å². The number of nitrogens with one attached hydrogen (secondary N) is 1. The SMILES string of the molecule is C1=CCC(c2ccc(N(c3ccc(-c4ccccc4)cc3)C3C=CC(Nc4ccccc4)=CC3)cc2)C=C1. The van der Waals surface area contributed by atoms with Crippen LogP contribution in [0, 0.1) is 0 Å². The van der Waals surface area contributed by atoms with Gasteiger partial charge in [0.25, 0.3) is 0 Å². The molecule has 1 N–H and O–H groups in total. The largest absolute Gasteiger partial charge is 0.356 e. The maximum atomic E-state index is 3.53. The number of hydrogen-bond acceptors (Lipinski definition) is 2. The fraction of sp³-hybridized carbons (Fsp3) is 0.111. The topological polar surface area (TPSA) is 15.3 Å². The van der Waals surface area contributed by atoms with E-state index >= 15 is 0 Å². The van der Waals surface area contributed by atoms with Gasteiger partial charge in [-0.3, -0.25) is 0 Å². The summed E-state index contributed by atoms with van der Waals surface area (Å²) in [5.74, 6) is 0.455. The first-order valence-electron chi connectivity index (χ1n) is 13.4. The Labute approximate surface area is 226 Å². The molecule has 0 aromatic heterocycles. The number of rotatable bonds is 7. The Morgan fingerprint density at radius 2 is 1.26 bits per heavy atom. The van der Waals surface area contributed by atoms with Gasteiger partial charge < -0.3 is 10.2 Å². The molecule has 0 saturated carbocycles. The summed E-state index contributed by atoms with van der Waals surface area (Å²) in [5, 5.41) is 3.53. The summed E-state index contributed by atoms with van der Waals surface area (Å²) in [4.78, 5) is 2.46. The summed E-state index contributed by atoms with van der Waals surface area (Å²) in [5.41, 5.74) is 8.48. The van der Waals surface area contributed by atoms with E-state index < -0.39 is 0 Å². The van der Waals surface area contributed by atoms with Crippen molar-refractivity contribution in [1.82, 2.24) is 0 Å². The molecule has 0 amide bonds. The molecule has 38 heavy (non-hydrogen) atoms. The van der Waals surface area contributed by atoms with Crippen molar-refractivity contribution in [3.8, 4) is 11.1 Å². The third-order valence-electron chi connectivity index (χ3n) is 7.30.